The lowest BCUT2D eigenvalue weighted by molar-refractivity contribution is -0.131. The van der Waals surface area contributed by atoms with Gasteiger partial charge >= 0.3 is 0 Å². The molecule has 3 rings (SSSR count). The second-order valence-electron chi connectivity index (χ2n) is 8.52. The molecule has 0 aliphatic carbocycles. The summed E-state index contributed by atoms with van der Waals surface area (Å²) in [5.74, 6) is -2.30. The average Bonchev–Trinajstić information content (AvgIpc) is 2.90. The zero-order chi connectivity index (χ0) is 26.6. The number of nitrogens with one attached hydrogen (secondary N) is 2. The van der Waals surface area contributed by atoms with E-state index in [2.05, 4.69) is 15.6 Å². The maximum atomic E-state index is 13.6. The molecule has 0 aliphatic heterocycles. The minimum Gasteiger partial charge on any atom is -0.370 e. The molecule has 192 valence electrons. The molecule has 37 heavy (non-hydrogen) atoms. The van der Waals surface area contributed by atoms with E-state index in [4.69, 9.17) is 17.2 Å². The van der Waals surface area contributed by atoms with Crippen LogP contribution in [0, 0.1) is 0 Å². The number of carbonyl (C=O) groups is 3. The van der Waals surface area contributed by atoms with Gasteiger partial charge in [0.2, 0.25) is 17.7 Å². The molecule has 3 aromatic rings. The van der Waals surface area contributed by atoms with Crippen molar-refractivity contribution < 1.29 is 14.4 Å². The Morgan fingerprint density at radius 2 is 1.16 bits per heavy atom. The third kappa shape index (κ3) is 7.93. The van der Waals surface area contributed by atoms with Gasteiger partial charge in [0.1, 0.15) is 12.1 Å². The second kappa shape index (κ2) is 13.4. The van der Waals surface area contributed by atoms with Crippen LogP contribution in [0.2, 0.25) is 0 Å². The van der Waals surface area contributed by atoms with Crippen molar-refractivity contribution in [3.8, 4) is 0 Å². The zero-order valence-electron chi connectivity index (χ0n) is 20.4. The van der Waals surface area contributed by atoms with Crippen molar-refractivity contribution in [1.29, 1.82) is 0 Å². The third-order valence-corrected chi connectivity index (χ3v) is 5.81. The highest BCUT2D eigenvalue weighted by molar-refractivity contribution is 5.94. The average molecular weight is 501 g/mol. The lowest BCUT2D eigenvalue weighted by Gasteiger charge is -2.25. The summed E-state index contributed by atoms with van der Waals surface area (Å²) in [7, 11) is 0. The number of carbonyl (C=O) groups excluding carboxylic acids is 3. The Kier molecular flexibility index (Phi) is 9.78. The van der Waals surface area contributed by atoms with Crippen LogP contribution in [-0.2, 0) is 14.4 Å². The van der Waals surface area contributed by atoms with Crippen LogP contribution in [0.15, 0.2) is 96.0 Å². The van der Waals surface area contributed by atoms with Gasteiger partial charge in [-0.25, -0.2) is 0 Å². The van der Waals surface area contributed by atoms with Crippen molar-refractivity contribution >= 4 is 23.7 Å². The summed E-state index contributed by atoms with van der Waals surface area (Å²) in [5.41, 5.74) is 18.5. The summed E-state index contributed by atoms with van der Waals surface area (Å²) in [6.45, 7) is 0.278. The van der Waals surface area contributed by atoms with Gasteiger partial charge in [-0.2, -0.15) is 0 Å². The Hall–Kier alpha value is -4.66. The van der Waals surface area contributed by atoms with E-state index < -0.39 is 29.8 Å². The van der Waals surface area contributed by atoms with Crippen molar-refractivity contribution in [2.24, 2.45) is 22.2 Å². The molecule has 3 aromatic carbocycles. The number of nitrogens with two attached hydrogens (primary N) is 3. The van der Waals surface area contributed by atoms with Crippen molar-refractivity contribution in [2.45, 2.75) is 30.8 Å². The van der Waals surface area contributed by atoms with Crippen LogP contribution in [0.5, 0.6) is 0 Å². The quantitative estimate of drug-likeness (QED) is 0.145. The molecule has 0 heterocycles. The standard InChI is InChI=1S/C28H32N6O3/c29-25(35)24(21-15-8-3-9-16-21)34-26(36)22(17-10-18-32-28(30)31)33-27(37)23(19-11-4-1-5-12-19)20-13-6-2-7-14-20/h1-9,11-16,22-24H,10,17-18H2,(H2,29,35)(H,33,37)(H,34,36)(H4,30,31,32)/t22-,24+/m1/s1. The molecule has 0 radical (unpaired) electrons. The molecule has 2 atom stereocenters. The molecule has 9 heteroatoms. The zero-order valence-corrected chi connectivity index (χ0v) is 20.4. The fourth-order valence-corrected chi connectivity index (χ4v) is 4.02. The first-order valence-electron chi connectivity index (χ1n) is 12.0. The smallest absolute Gasteiger partial charge is 0.244 e. The Balaban J connectivity index is 1.86. The van der Waals surface area contributed by atoms with E-state index in [-0.39, 0.29) is 24.8 Å². The highest BCUT2D eigenvalue weighted by Gasteiger charge is 2.30. The largest absolute Gasteiger partial charge is 0.370 e. The Morgan fingerprint density at radius 3 is 1.62 bits per heavy atom. The molecule has 0 bridgehead atoms. The molecular formula is C28H32N6O3. The van der Waals surface area contributed by atoms with Gasteiger partial charge in [0.05, 0.1) is 5.92 Å². The number of primary amides is 1. The molecule has 0 aliphatic rings. The number of aliphatic imine (C=N–C) groups is 1. The maximum absolute atomic E-state index is 13.6. The molecule has 0 saturated carbocycles. The maximum Gasteiger partial charge on any atom is 0.244 e. The van der Waals surface area contributed by atoms with Gasteiger partial charge < -0.3 is 27.8 Å². The summed E-state index contributed by atoms with van der Waals surface area (Å²) in [5, 5.41) is 5.58. The van der Waals surface area contributed by atoms with Crippen LogP contribution in [0.1, 0.15) is 41.5 Å². The molecule has 9 nitrogen and oxygen atoms in total. The van der Waals surface area contributed by atoms with Gasteiger partial charge in [0.15, 0.2) is 5.96 Å². The Bertz CT molecular complexity index is 1160. The van der Waals surface area contributed by atoms with Crippen molar-refractivity contribution in [3.05, 3.63) is 108 Å². The topological polar surface area (TPSA) is 166 Å². The van der Waals surface area contributed by atoms with E-state index in [1.807, 2.05) is 60.7 Å². The first-order chi connectivity index (χ1) is 17.9. The number of guanidine groups is 1. The lowest BCUT2D eigenvalue weighted by Crippen LogP contribution is -2.50. The Morgan fingerprint density at radius 1 is 0.676 bits per heavy atom. The Labute approximate surface area is 216 Å². The highest BCUT2D eigenvalue weighted by Crippen LogP contribution is 2.25. The van der Waals surface area contributed by atoms with Crippen LogP contribution in [-0.4, -0.2) is 36.3 Å². The normalized spacial score (nSPS) is 12.2. The van der Waals surface area contributed by atoms with Crippen molar-refractivity contribution in [3.63, 3.8) is 0 Å². The van der Waals surface area contributed by atoms with Gasteiger partial charge in [0, 0.05) is 6.54 Å². The summed E-state index contributed by atoms with van der Waals surface area (Å²) < 4.78 is 0. The number of benzene rings is 3. The molecule has 8 N–H and O–H groups in total. The van der Waals surface area contributed by atoms with E-state index in [1.54, 1.807) is 30.3 Å². The van der Waals surface area contributed by atoms with E-state index in [0.29, 0.717) is 12.0 Å². The van der Waals surface area contributed by atoms with Gasteiger partial charge in [-0.05, 0) is 29.5 Å². The van der Waals surface area contributed by atoms with Gasteiger partial charge in [0.25, 0.3) is 0 Å². The third-order valence-electron chi connectivity index (χ3n) is 5.81. The van der Waals surface area contributed by atoms with Gasteiger partial charge in [-0.15, -0.1) is 0 Å². The fourth-order valence-electron chi connectivity index (χ4n) is 4.02. The molecule has 3 amide bonds. The van der Waals surface area contributed by atoms with Gasteiger partial charge in [-0.1, -0.05) is 91.0 Å². The van der Waals surface area contributed by atoms with Crippen LogP contribution in [0.4, 0.5) is 0 Å². The fraction of sp³-hybridized carbons (Fsp3) is 0.214. The van der Waals surface area contributed by atoms with Crippen LogP contribution in [0.25, 0.3) is 0 Å². The first kappa shape index (κ1) is 26.9. The van der Waals surface area contributed by atoms with Crippen LogP contribution < -0.4 is 27.8 Å². The monoisotopic (exact) mass is 500 g/mol. The summed E-state index contributed by atoms with van der Waals surface area (Å²) in [6, 6.07) is 25.3. The SMILES string of the molecule is NC(=O)[C@@H](NC(=O)[C@@H](CCCN=C(N)N)NC(=O)C(c1ccccc1)c1ccccc1)c1ccccc1. The number of rotatable bonds is 12. The molecular weight excluding hydrogens is 468 g/mol. The molecule has 0 fully saturated rings. The van der Waals surface area contributed by atoms with Crippen LogP contribution >= 0.6 is 0 Å². The van der Waals surface area contributed by atoms with E-state index in [0.717, 1.165) is 11.1 Å². The highest BCUT2D eigenvalue weighted by atomic mass is 16.2. The van der Waals surface area contributed by atoms with Crippen molar-refractivity contribution in [1.82, 2.24) is 10.6 Å². The summed E-state index contributed by atoms with van der Waals surface area (Å²) in [6.07, 6.45) is 0.662. The number of hydrogen-bond donors (Lipinski definition) is 5. The number of hydrogen-bond acceptors (Lipinski definition) is 4. The minimum absolute atomic E-state index is 0.0591. The summed E-state index contributed by atoms with van der Waals surface area (Å²) >= 11 is 0. The first-order valence-corrected chi connectivity index (χ1v) is 12.0. The van der Waals surface area contributed by atoms with Gasteiger partial charge in [-0.3, -0.25) is 19.4 Å². The molecule has 0 saturated heterocycles. The predicted octanol–water partition coefficient (Wildman–Crippen LogP) is 1.70. The van der Waals surface area contributed by atoms with Crippen molar-refractivity contribution in [2.75, 3.05) is 6.54 Å². The van der Waals surface area contributed by atoms with E-state index >= 15 is 0 Å². The van der Waals surface area contributed by atoms with Crippen LogP contribution in [0.3, 0.4) is 0 Å². The van der Waals surface area contributed by atoms with E-state index in [9.17, 15) is 14.4 Å². The minimum atomic E-state index is -1.05. The number of amides is 3. The molecule has 0 unspecified atom stereocenters. The number of nitrogens with zero attached hydrogens (tertiary/aromatic N) is 1. The lowest BCUT2D eigenvalue weighted by atomic mass is 9.90. The summed E-state index contributed by atoms with van der Waals surface area (Å²) in [4.78, 5) is 43.1. The van der Waals surface area contributed by atoms with E-state index in [1.165, 1.54) is 0 Å². The molecule has 0 spiro atoms. The second-order valence-corrected chi connectivity index (χ2v) is 8.52. The predicted molar refractivity (Wildman–Crippen MR) is 143 cm³/mol. The molecule has 0 aromatic heterocycles.